The molecule has 0 aromatic heterocycles. The van der Waals surface area contributed by atoms with Gasteiger partial charge in [-0.25, -0.2) is 0 Å². The highest BCUT2D eigenvalue weighted by Crippen LogP contribution is 2.20. The van der Waals surface area contributed by atoms with Crippen LogP contribution in [0, 0.1) is 16.7 Å². The third-order valence-electron chi connectivity index (χ3n) is 2.73. The summed E-state index contributed by atoms with van der Waals surface area (Å²) >= 11 is 3.53. The molecule has 1 N–H and O–H groups in total. The Kier molecular flexibility index (Phi) is 5.67. The number of hydrogen-bond acceptors (Lipinski definition) is 2. The van der Waals surface area contributed by atoms with Crippen molar-refractivity contribution in [3.05, 3.63) is 34.3 Å². The number of nitriles is 1. The van der Waals surface area contributed by atoms with Gasteiger partial charge in [0.25, 0.3) is 0 Å². The van der Waals surface area contributed by atoms with Crippen LogP contribution in [-0.2, 0) is 6.54 Å². The first-order chi connectivity index (χ1) is 8.05. The van der Waals surface area contributed by atoms with Crippen molar-refractivity contribution in [3.8, 4) is 6.07 Å². The standard InChI is InChI=1S/C14H19BrN2/c1-14(2,11-16)8-5-9-17-10-12-6-3-4-7-13(12)15/h3-4,6-7,17H,5,8-10H2,1-2H3. The molecule has 0 fully saturated rings. The molecule has 0 atom stereocenters. The maximum Gasteiger partial charge on any atom is 0.0683 e. The van der Waals surface area contributed by atoms with Gasteiger partial charge in [-0.05, 0) is 44.9 Å². The van der Waals surface area contributed by atoms with Crippen molar-refractivity contribution in [1.82, 2.24) is 5.32 Å². The maximum absolute atomic E-state index is 8.89. The van der Waals surface area contributed by atoms with Crippen molar-refractivity contribution in [3.63, 3.8) is 0 Å². The fourth-order valence-corrected chi connectivity index (χ4v) is 2.00. The Bertz CT molecular complexity index is 393. The summed E-state index contributed by atoms with van der Waals surface area (Å²) in [5.41, 5.74) is 1.07. The molecule has 17 heavy (non-hydrogen) atoms. The molecule has 92 valence electrons. The average Bonchev–Trinajstić information content (AvgIpc) is 2.31. The van der Waals surface area contributed by atoms with Gasteiger partial charge >= 0.3 is 0 Å². The molecule has 0 radical (unpaired) electrons. The van der Waals surface area contributed by atoms with E-state index in [1.807, 2.05) is 26.0 Å². The van der Waals surface area contributed by atoms with E-state index < -0.39 is 0 Å². The third kappa shape index (κ3) is 5.34. The van der Waals surface area contributed by atoms with Crippen LogP contribution in [-0.4, -0.2) is 6.54 Å². The summed E-state index contributed by atoms with van der Waals surface area (Å²) in [6.45, 7) is 5.79. The van der Waals surface area contributed by atoms with E-state index in [2.05, 4.69) is 39.4 Å². The highest BCUT2D eigenvalue weighted by Gasteiger charge is 2.15. The van der Waals surface area contributed by atoms with Gasteiger partial charge in [0, 0.05) is 11.0 Å². The van der Waals surface area contributed by atoms with Crippen LogP contribution in [0.2, 0.25) is 0 Å². The van der Waals surface area contributed by atoms with E-state index >= 15 is 0 Å². The third-order valence-corrected chi connectivity index (χ3v) is 3.50. The molecular formula is C14H19BrN2. The van der Waals surface area contributed by atoms with Gasteiger partial charge in [-0.1, -0.05) is 34.1 Å². The lowest BCUT2D eigenvalue weighted by Crippen LogP contribution is -2.17. The maximum atomic E-state index is 8.89. The van der Waals surface area contributed by atoms with Gasteiger partial charge in [-0.3, -0.25) is 0 Å². The predicted octanol–water partition coefficient (Wildman–Crippen LogP) is 3.87. The van der Waals surface area contributed by atoms with Crippen LogP contribution in [0.15, 0.2) is 28.7 Å². The van der Waals surface area contributed by atoms with Crippen molar-refractivity contribution < 1.29 is 0 Å². The van der Waals surface area contributed by atoms with E-state index in [0.717, 1.165) is 30.4 Å². The second kappa shape index (κ2) is 6.78. The van der Waals surface area contributed by atoms with Crippen LogP contribution in [0.5, 0.6) is 0 Å². The molecular weight excluding hydrogens is 276 g/mol. The molecule has 0 spiro atoms. The van der Waals surface area contributed by atoms with E-state index in [1.165, 1.54) is 5.56 Å². The summed E-state index contributed by atoms with van der Waals surface area (Å²) in [4.78, 5) is 0. The Morgan fingerprint density at radius 2 is 2.06 bits per heavy atom. The van der Waals surface area contributed by atoms with Crippen LogP contribution in [0.25, 0.3) is 0 Å². The van der Waals surface area contributed by atoms with Crippen molar-refractivity contribution in [2.45, 2.75) is 33.2 Å². The lowest BCUT2D eigenvalue weighted by Gasteiger charge is -2.14. The molecule has 0 bridgehead atoms. The first-order valence-electron chi connectivity index (χ1n) is 5.90. The van der Waals surface area contributed by atoms with Crippen LogP contribution in [0.4, 0.5) is 0 Å². The number of nitrogens with one attached hydrogen (secondary N) is 1. The summed E-state index contributed by atoms with van der Waals surface area (Å²) in [6.07, 6.45) is 1.97. The fraction of sp³-hybridized carbons (Fsp3) is 0.500. The van der Waals surface area contributed by atoms with Gasteiger partial charge in [-0.15, -0.1) is 0 Å². The average molecular weight is 295 g/mol. The quantitative estimate of drug-likeness (QED) is 0.809. The minimum Gasteiger partial charge on any atom is -0.313 e. The van der Waals surface area contributed by atoms with Crippen LogP contribution >= 0.6 is 15.9 Å². The second-order valence-electron chi connectivity index (χ2n) is 4.87. The van der Waals surface area contributed by atoms with Gasteiger partial charge in [0.1, 0.15) is 0 Å². The molecule has 0 aliphatic heterocycles. The minimum atomic E-state index is -0.199. The Labute approximate surface area is 112 Å². The highest BCUT2D eigenvalue weighted by molar-refractivity contribution is 9.10. The van der Waals surface area contributed by atoms with Crippen LogP contribution in [0.3, 0.4) is 0 Å². The highest BCUT2D eigenvalue weighted by atomic mass is 79.9. The topological polar surface area (TPSA) is 35.8 Å². The van der Waals surface area contributed by atoms with Crippen molar-refractivity contribution in [1.29, 1.82) is 5.26 Å². The lowest BCUT2D eigenvalue weighted by molar-refractivity contribution is 0.426. The van der Waals surface area contributed by atoms with Gasteiger partial charge in [0.05, 0.1) is 11.5 Å². The number of halogens is 1. The monoisotopic (exact) mass is 294 g/mol. The molecule has 2 nitrogen and oxygen atoms in total. The normalized spacial score (nSPS) is 11.2. The predicted molar refractivity (Wildman–Crippen MR) is 74.5 cm³/mol. The summed E-state index contributed by atoms with van der Waals surface area (Å²) in [6, 6.07) is 10.5. The molecule has 0 saturated heterocycles. The zero-order valence-corrected chi connectivity index (χ0v) is 12.0. The van der Waals surface area contributed by atoms with E-state index in [0.29, 0.717) is 0 Å². The zero-order chi connectivity index (χ0) is 12.7. The van der Waals surface area contributed by atoms with E-state index in [-0.39, 0.29) is 5.41 Å². The first-order valence-corrected chi connectivity index (χ1v) is 6.70. The SMILES string of the molecule is CC(C)(C#N)CCCNCc1ccccc1Br. The number of nitrogens with zero attached hydrogens (tertiary/aromatic N) is 1. The largest absolute Gasteiger partial charge is 0.313 e. The van der Waals surface area contributed by atoms with Crippen molar-refractivity contribution in [2.75, 3.05) is 6.54 Å². The smallest absolute Gasteiger partial charge is 0.0683 e. The van der Waals surface area contributed by atoms with Gasteiger partial charge in [0.15, 0.2) is 0 Å². The van der Waals surface area contributed by atoms with Crippen LogP contribution < -0.4 is 5.32 Å². The minimum absolute atomic E-state index is 0.199. The van der Waals surface area contributed by atoms with E-state index in [4.69, 9.17) is 5.26 Å². The Morgan fingerprint density at radius 1 is 1.35 bits per heavy atom. The fourth-order valence-electron chi connectivity index (χ4n) is 1.58. The van der Waals surface area contributed by atoms with E-state index in [1.54, 1.807) is 0 Å². The molecule has 3 heteroatoms. The molecule has 1 rings (SSSR count). The summed E-state index contributed by atoms with van der Waals surface area (Å²) in [5.74, 6) is 0. The Balaban J connectivity index is 2.22. The molecule has 0 amide bonds. The molecule has 0 heterocycles. The number of benzene rings is 1. The van der Waals surface area contributed by atoms with Gasteiger partial charge < -0.3 is 5.32 Å². The second-order valence-corrected chi connectivity index (χ2v) is 5.72. The summed E-state index contributed by atoms with van der Waals surface area (Å²) in [5, 5.41) is 12.3. The molecule has 0 saturated carbocycles. The molecule has 0 aliphatic rings. The number of rotatable bonds is 6. The molecule has 0 unspecified atom stereocenters. The summed E-state index contributed by atoms with van der Waals surface area (Å²) < 4.78 is 1.14. The van der Waals surface area contributed by atoms with Gasteiger partial charge in [0.2, 0.25) is 0 Å². The molecule has 0 aliphatic carbocycles. The van der Waals surface area contributed by atoms with E-state index in [9.17, 15) is 0 Å². The number of hydrogen-bond donors (Lipinski definition) is 1. The first kappa shape index (κ1) is 14.2. The Morgan fingerprint density at radius 3 is 2.71 bits per heavy atom. The lowest BCUT2D eigenvalue weighted by atomic mass is 9.90. The van der Waals surface area contributed by atoms with Crippen LogP contribution in [0.1, 0.15) is 32.3 Å². The molecule has 1 aromatic carbocycles. The summed E-state index contributed by atoms with van der Waals surface area (Å²) in [7, 11) is 0. The van der Waals surface area contributed by atoms with Crippen molar-refractivity contribution >= 4 is 15.9 Å². The van der Waals surface area contributed by atoms with Gasteiger partial charge in [-0.2, -0.15) is 5.26 Å². The zero-order valence-electron chi connectivity index (χ0n) is 10.5. The molecule has 1 aromatic rings. The Hall–Kier alpha value is -0.850. The van der Waals surface area contributed by atoms with Crippen molar-refractivity contribution in [2.24, 2.45) is 5.41 Å².